The number of aromatic nitrogens is 2. The number of imidazole rings is 1. The highest BCUT2D eigenvalue weighted by atomic mass is 32.1. The van der Waals surface area contributed by atoms with Gasteiger partial charge in [-0.1, -0.05) is 33.8 Å². The Balaban J connectivity index is 0.00000206. The number of nitrogens with zero attached hydrogens (tertiary/aromatic N) is 3. The molecule has 2 aromatic rings. The van der Waals surface area contributed by atoms with E-state index in [2.05, 4.69) is 29.2 Å². The van der Waals surface area contributed by atoms with Gasteiger partial charge in [0.15, 0.2) is 5.69 Å². The maximum Gasteiger partial charge on any atom is 0.394 e. The van der Waals surface area contributed by atoms with Crippen molar-refractivity contribution in [3.05, 3.63) is 41.0 Å². The van der Waals surface area contributed by atoms with Crippen LogP contribution in [0.3, 0.4) is 0 Å². The quantitative estimate of drug-likeness (QED) is 0.272. The minimum atomic E-state index is -4.52. The molecule has 1 amide bonds. The Hall–Kier alpha value is -3.78. The molecule has 1 N–H and O–H groups in total. The average molecular weight is 629 g/mol. The topological polar surface area (TPSA) is 114 Å². The van der Waals surface area contributed by atoms with Crippen LogP contribution in [0.5, 0.6) is 5.75 Å². The summed E-state index contributed by atoms with van der Waals surface area (Å²) in [5, 5.41) is 12.6. The largest absolute Gasteiger partial charge is 0.433 e. The van der Waals surface area contributed by atoms with E-state index in [0.29, 0.717) is 18.8 Å². The fourth-order valence-corrected chi connectivity index (χ4v) is 4.89. The van der Waals surface area contributed by atoms with Crippen LogP contribution < -0.4 is 10.1 Å². The Morgan fingerprint density at radius 2 is 1.88 bits per heavy atom. The Morgan fingerprint density at radius 1 is 1.28 bits per heavy atom. The molecule has 0 spiro atoms. The first-order chi connectivity index (χ1) is 20.1. The minimum Gasteiger partial charge on any atom is -0.433 e. The van der Waals surface area contributed by atoms with E-state index in [1.165, 1.54) is 16.7 Å². The molecule has 1 aromatic carbocycles. The van der Waals surface area contributed by atoms with Crippen LogP contribution in [0, 0.1) is 40.4 Å². The minimum absolute atomic E-state index is 0.0139. The molecular formula is C29H33F5N4O4S. The van der Waals surface area contributed by atoms with Gasteiger partial charge < -0.3 is 10.1 Å². The number of alkyl halides is 5. The predicted octanol–water partition coefficient (Wildman–Crippen LogP) is 5.93. The van der Waals surface area contributed by atoms with Crippen molar-refractivity contribution >= 4 is 17.5 Å². The molecule has 3 rings (SSSR count). The summed E-state index contributed by atoms with van der Waals surface area (Å²) in [6, 6.07) is 6.17. The molecule has 0 atom stereocenters. The highest BCUT2D eigenvalue weighted by molar-refractivity contribution is 7.51. The van der Waals surface area contributed by atoms with E-state index in [0.717, 1.165) is 32.8 Å². The smallest absolute Gasteiger partial charge is 0.394 e. The number of carbonyl (C=O) groups is 1. The summed E-state index contributed by atoms with van der Waals surface area (Å²) in [4.78, 5) is 17.6. The zero-order valence-electron chi connectivity index (χ0n) is 24.2. The molecule has 8 nitrogen and oxygen atoms in total. The lowest BCUT2D eigenvalue weighted by atomic mass is 9.72. The third-order valence-corrected chi connectivity index (χ3v) is 7.57. The predicted molar refractivity (Wildman–Crippen MR) is 148 cm³/mol. The molecule has 0 unspecified atom stereocenters. The molecule has 1 aliphatic carbocycles. The second-order valence-electron chi connectivity index (χ2n) is 11.1. The molecule has 0 bridgehead atoms. The maximum absolute atomic E-state index is 13.5. The maximum atomic E-state index is 13.5. The summed E-state index contributed by atoms with van der Waals surface area (Å²) >= 11 is -0.750. The summed E-state index contributed by atoms with van der Waals surface area (Å²) in [6.45, 7) is 2.72. The van der Waals surface area contributed by atoms with Gasteiger partial charge in [0.05, 0.1) is 22.6 Å². The number of nitrogens with one attached hydrogen (secondary N) is 1. The lowest BCUT2D eigenvalue weighted by Gasteiger charge is -2.33. The fraction of sp³-hybridized carbons (Fsp3) is 0.552. The van der Waals surface area contributed by atoms with Gasteiger partial charge in [0.25, 0.3) is 5.91 Å². The van der Waals surface area contributed by atoms with E-state index in [-0.39, 0.29) is 41.4 Å². The molecule has 14 heteroatoms. The van der Waals surface area contributed by atoms with Gasteiger partial charge in [0, 0.05) is 13.0 Å². The van der Waals surface area contributed by atoms with Crippen LogP contribution in [-0.4, -0.2) is 43.2 Å². The second-order valence-corrected chi connectivity index (χ2v) is 11.3. The number of terminal acetylenes is 1. The SMILES string of the molecule is C#Cc1c(C(=O)NCC2(C#N)CCC(C)CC2)nc(CC)n1-c1ccc(CC(C)(C)C(F)(F)F)cc1OC(F)F.O=S=O. The number of benzene rings is 1. The molecule has 1 fully saturated rings. The molecular weight excluding hydrogens is 595 g/mol. The monoisotopic (exact) mass is 628 g/mol. The van der Waals surface area contributed by atoms with Gasteiger partial charge in [0.1, 0.15) is 17.3 Å². The average Bonchev–Trinajstić information content (AvgIpc) is 3.31. The summed E-state index contributed by atoms with van der Waals surface area (Å²) in [5.74, 6) is 2.15. The van der Waals surface area contributed by atoms with Crippen LogP contribution in [0.1, 0.15) is 80.9 Å². The molecule has 0 radical (unpaired) electrons. The first-order valence-electron chi connectivity index (χ1n) is 13.4. The van der Waals surface area contributed by atoms with Crippen LogP contribution >= 0.6 is 0 Å². The number of carbonyl (C=O) groups excluding carboxylic acids is 1. The second kappa shape index (κ2) is 14.6. The number of halogens is 5. The van der Waals surface area contributed by atoms with E-state index in [1.807, 2.05) is 0 Å². The Bertz CT molecular complexity index is 1410. The van der Waals surface area contributed by atoms with Crippen molar-refractivity contribution in [2.24, 2.45) is 16.7 Å². The highest BCUT2D eigenvalue weighted by Crippen LogP contribution is 2.41. The number of hydrogen-bond donors (Lipinski definition) is 1. The highest BCUT2D eigenvalue weighted by Gasteiger charge is 2.47. The Labute approximate surface area is 250 Å². The lowest BCUT2D eigenvalue weighted by Crippen LogP contribution is -2.39. The van der Waals surface area contributed by atoms with Crippen molar-refractivity contribution in [2.75, 3.05) is 6.54 Å². The van der Waals surface area contributed by atoms with E-state index >= 15 is 0 Å². The lowest BCUT2D eigenvalue weighted by molar-refractivity contribution is -0.211. The van der Waals surface area contributed by atoms with E-state index in [9.17, 15) is 32.0 Å². The van der Waals surface area contributed by atoms with Gasteiger partial charge in [-0.3, -0.25) is 9.36 Å². The van der Waals surface area contributed by atoms with Crippen LogP contribution in [0.2, 0.25) is 0 Å². The van der Waals surface area contributed by atoms with E-state index < -0.39 is 53.3 Å². The molecule has 1 saturated carbocycles. The summed E-state index contributed by atoms with van der Waals surface area (Å²) in [7, 11) is 0. The normalized spacial score (nSPS) is 18.6. The standard InChI is InChI=1S/C29H33F5N4O2.O2S/c1-6-20-24(25(39)36-17-28(16-35)12-10-18(3)11-13-28)37-23(7-2)38(20)21-9-8-19(14-22(21)40-26(30)31)15-27(4,5)29(32,33)34;1-3-2/h1,8-9,14,18,26H,7,10-13,15,17H2,2-5H3,(H,36,39);. The van der Waals surface area contributed by atoms with Crippen LogP contribution in [0.15, 0.2) is 18.2 Å². The molecule has 0 aliphatic heterocycles. The zero-order chi connectivity index (χ0) is 32.6. The Morgan fingerprint density at radius 3 is 2.37 bits per heavy atom. The van der Waals surface area contributed by atoms with Gasteiger partial charge in [0.2, 0.25) is 0 Å². The molecule has 234 valence electrons. The molecule has 0 saturated heterocycles. The van der Waals surface area contributed by atoms with Gasteiger partial charge in [-0.05, 0) is 61.6 Å². The number of aryl methyl sites for hydroxylation is 1. The molecule has 1 heterocycles. The van der Waals surface area contributed by atoms with E-state index in [1.54, 1.807) is 6.92 Å². The van der Waals surface area contributed by atoms with Crippen LogP contribution in [0.25, 0.3) is 5.69 Å². The molecule has 43 heavy (non-hydrogen) atoms. The number of amides is 1. The van der Waals surface area contributed by atoms with E-state index in [4.69, 9.17) is 19.6 Å². The van der Waals surface area contributed by atoms with Crippen molar-refractivity contribution < 1.29 is 39.9 Å². The molecule has 1 aliphatic rings. The third-order valence-electron chi connectivity index (χ3n) is 7.57. The summed E-state index contributed by atoms with van der Waals surface area (Å²) in [5.41, 5.74) is -2.83. The van der Waals surface area contributed by atoms with Crippen molar-refractivity contribution in [1.29, 1.82) is 5.26 Å². The summed E-state index contributed by atoms with van der Waals surface area (Å²) < 4.78 is 89.7. The first kappa shape index (κ1) is 35.4. The number of rotatable bonds is 9. The molecule has 1 aromatic heterocycles. The number of hydrogen-bond acceptors (Lipinski definition) is 6. The fourth-order valence-electron chi connectivity index (χ4n) is 4.89. The van der Waals surface area contributed by atoms with Gasteiger partial charge in [-0.15, -0.1) is 6.42 Å². The van der Waals surface area contributed by atoms with Crippen LogP contribution in [0.4, 0.5) is 22.0 Å². The number of nitriles is 1. The van der Waals surface area contributed by atoms with Crippen molar-refractivity contribution in [2.45, 2.75) is 79.0 Å². The third kappa shape index (κ3) is 8.63. The van der Waals surface area contributed by atoms with Gasteiger partial charge in [-0.25, -0.2) is 4.98 Å². The summed E-state index contributed by atoms with van der Waals surface area (Å²) in [6.07, 6.45) is 4.05. The van der Waals surface area contributed by atoms with Crippen LogP contribution in [-0.2, 0) is 24.4 Å². The Kier molecular flexibility index (Phi) is 12.0. The van der Waals surface area contributed by atoms with Crippen molar-refractivity contribution in [3.8, 4) is 29.8 Å². The number of ether oxygens (including phenoxy) is 1. The zero-order valence-corrected chi connectivity index (χ0v) is 25.0. The van der Waals surface area contributed by atoms with Gasteiger partial charge >= 0.3 is 24.4 Å². The van der Waals surface area contributed by atoms with Crippen molar-refractivity contribution in [1.82, 2.24) is 14.9 Å². The van der Waals surface area contributed by atoms with Gasteiger partial charge in [-0.2, -0.15) is 35.6 Å². The first-order valence-corrected chi connectivity index (χ1v) is 14.1. The van der Waals surface area contributed by atoms with Crippen molar-refractivity contribution in [3.63, 3.8) is 0 Å².